The van der Waals surface area contributed by atoms with Gasteiger partial charge in [0, 0.05) is 19.7 Å². The number of anilines is 2. The molecule has 106 valence electrons. The fourth-order valence-corrected chi connectivity index (χ4v) is 1.70. The van der Waals surface area contributed by atoms with E-state index in [2.05, 4.69) is 15.5 Å². The number of aryl methyl sites for hydroxylation is 1. The Morgan fingerprint density at radius 3 is 2.75 bits per heavy atom. The van der Waals surface area contributed by atoms with Crippen molar-refractivity contribution in [2.45, 2.75) is 13.5 Å². The van der Waals surface area contributed by atoms with E-state index in [0.717, 1.165) is 5.69 Å². The molecular formula is C13H17N5O2. The third kappa shape index (κ3) is 3.05. The lowest BCUT2D eigenvalue weighted by Crippen LogP contribution is -2.21. The van der Waals surface area contributed by atoms with Crippen molar-refractivity contribution < 1.29 is 9.32 Å². The molecular weight excluding hydrogens is 258 g/mol. The largest absolute Gasteiger partial charge is 0.397 e. The Balaban J connectivity index is 2.08. The molecule has 0 atom stereocenters. The minimum atomic E-state index is -0.0872. The summed E-state index contributed by atoms with van der Waals surface area (Å²) in [7, 11) is 3.39. The zero-order valence-corrected chi connectivity index (χ0v) is 11.7. The Hall–Kier alpha value is -2.57. The minimum Gasteiger partial charge on any atom is -0.397 e. The van der Waals surface area contributed by atoms with Crippen LogP contribution in [0.3, 0.4) is 0 Å². The number of aromatic nitrogens is 2. The number of carbonyl (C=O) groups excluding carboxylic acids is 1. The summed E-state index contributed by atoms with van der Waals surface area (Å²) in [5, 5.41) is 6.79. The molecule has 2 aromatic rings. The van der Waals surface area contributed by atoms with E-state index in [-0.39, 0.29) is 5.91 Å². The molecule has 0 bridgehead atoms. The first-order chi connectivity index (χ1) is 9.47. The molecule has 0 aliphatic carbocycles. The molecule has 7 nitrogen and oxygen atoms in total. The molecule has 0 aliphatic heterocycles. The van der Waals surface area contributed by atoms with Crippen molar-refractivity contribution in [2.24, 2.45) is 0 Å². The summed E-state index contributed by atoms with van der Waals surface area (Å²) in [5.41, 5.74) is 7.69. The number of nitrogens with two attached hydrogens (primary N) is 1. The Kier molecular flexibility index (Phi) is 3.88. The molecule has 7 heteroatoms. The van der Waals surface area contributed by atoms with Crippen molar-refractivity contribution in [1.29, 1.82) is 0 Å². The minimum absolute atomic E-state index is 0.0872. The zero-order valence-electron chi connectivity index (χ0n) is 11.7. The molecule has 0 spiro atoms. The smallest absolute Gasteiger partial charge is 0.253 e. The van der Waals surface area contributed by atoms with Gasteiger partial charge in [0.25, 0.3) is 5.91 Å². The van der Waals surface area contributed by atoms with Gasteiger partial charge < -0.3 is 20.5 Å². The van der Waals surface area contributed by atoms with Crippen LogP contribution in [-0.2, 0) is 6.54 Å². The molecule has 1 aromatic carbocycles. The number of rotatable bonds is 4. The van der Waals surface area contributed by atoms with Gasteiger partial charge in [0.05, 0.1) is 17.9 Å². The standard InChI is InChI=1S/C13H17N5O2/c1-8-16-12(20-17-8)7-15-11-5-4-9(6-10(11)14)13(19)18(2)3/h4-6,15H,7,14H2,1-3H3. The Labute approximate surface area is 116 Å². The summed E-state index contributed by atoms with van der Waals surface area (Å²) in [4.78, 5) is 17.4. The van der Waals surface area contributed by atoms with Crippen LogP contribution in [0.4, 0.5) is 11.4 Å². The van der Waals surface area contributed by atoms with Crippen LogP contribution in [0.1, 0.15) is 22.1 Å². The normalized spacial score (nSPS) is 10.3. The number of nitrogen functional groups attached to an aromatic ring is 1. The molecule has 20 heavy (non-hydrogen) atoms. The van der Waals surface area contributed by atoms with Gasteiger partial charge in [-0.3, -0.25) is 4.79 Å². The van der Waals surface area contributed by atoms with Gasteiger partial charge in [-0.15, -0.1) is 0 Å². The van der Waals surface area contributed by atoms with Crippen LogP contribution in [0.25, 0.3) is 0 Å². The third-order valence-corrected chi connectivity index (χ3v) is 2.70. The van der Waals surface area contributed by atoms with E-state index in [1.54, 1.807) is 39.2 Å². The lowest BCUT2D eigenvalue weighted by atomic mass is 10.1. The van der Waals surface area contributed by atoms with Crippen LogP contribution in [0.2, 0.25) is 0 Å². The predicted octanol–water partition coefficient (Wildman–Crippen LogP) is 1.27. The summed E-state index contributed by atoms with van der Waals surface area (Å²) in [6.07, 6.45) is 0. The molecule has 1 aromatic heterocycles. The van der Waals surface area contributed by atoms with E-state index in [1.807, 2.05) is 0 Å². The van der Waals surface area contributed by atoms with Gasteiger partial charge in [-0.2, -0.15) is 4.98 Å². The van der Waals surface area contributed by atoms with Crippen LogP contribution in [0.15, 0.2) is 22.7 Å². The first-order valence-corrected chi connectivity index (χ1v) is 6.11. The van der Waals surface area contributed by atoms with Gasteiger partial charge >= 0.3 is 0 Å². The quantitative estimate of drug-likeness (QED) is 0.816. The summed E-state index contributed by atoms with van der Waals surface area (Å²) in [6.45, 7) is 2.13. The van der Waals surface area contributed by atoms with Gasteiger partial charge in [0.2, 0.25) is 5.89 Å². The highest BCUT2D eigenvalue weighted by molar-refractivity contribution is 5.95. The number of nitrogens with zero attached hydrogens (tertiary/aromatic N) is 3. The van der Waals surface area contributed by atoms with Crippen LogP contribution >= 0.6 is 0 Å². The molecule has 0 fully saturated rings. The molecule has 2 rings (SSSR count). The molecule has 1 amide bonds. The van der Waals surface area contributed by atoms with Crippen LogP contribution < -0.4 is 11.1 Å². The van der Waals surface area contributed by atoms with Gasteiger partial charge in [0.15, 0.2) is 5.82 Å². The molecule has 1 heterocycles. The third-order valence-electron chi connectivity index (χ3n) is 2.70. The van der Waals surface area contributed by atoms with Crippen molar-refractivity contribution in [3.63, 3.8) is 0 Å². The first-order valence-electron chi connectivity index (χ1n) is 6.11. The molecule has 0 saturated carbocycles. The van der Waals surface area contributed by atoms with Crippen molar-refractivity contribution in [2.75, 3.05) is 25.1 Å². The highest BCUT2D eigenvalue weighted by Crippen LogP contribution is 2.21. The number of nitrogens with one attached hydrogen (secondary N) is 1. The molecule has 3 N–H and O–H groups in total. The molecule has 0 unspecified atom stereocenters. The average molecular weight is 275 g/mol. The maximum Gasteiger partial charge on any atom is 0.253 e. The van der Waals surface area contributed by atoms with E-state index in [1.165, 1.54) is 4.90 Å². The molecule has 0 radical (unpaired) electrons. The second-order valence-corrected chi connectivity index (χ2v) is 4.59. The fourth-order valence-electron chi connectivity index (χ4n) is 1.70. The predicted molar refractivity (Wildman–Crippen MR) is 75.2 cm³/mol. The SMILES string of the molecule is Cc1noc(CNc2ccc(C(=O)N(C)C)cc2N)n1. The zero-order chi connectivity index (χ0) is 14.7. The van der Waals surface area contributed by atoms with E-state index >= 15 is 0 Å². The Morgan fingerprint density at radius 1 is 1.45 bits per heavy atom. The number of benzene rings is 1. The molecule has 0 saturated heterocycles. The number of amides is 1. The highest BCUT2D eigenvalue weighted by Gasteiger charge is 2.10. The van der Waals surface area contributed by atoms with Crippen LogP contribution in [0, 0.1) is 6.92 Å². The Morgan fingerprint density at radius 2 is 2.20 bits per heavy atom. The van der Waals surface area contributed by atoms with E-state index < -0.39 is 0 Å². The summed E-state index contributed by atoms with van der Waals surface area (Å²) >= 11 is 0. The van der Waals surface area contributed by atoms with Crippen molar-refractivity contribution >= 4 is 17.3 Å². The number of hydrogen-bond acceptors (Lipinski definition) is 6. The van der Waals surface area contributed by atoms with E-state index in [4.69, 9.17) is 10.3 Å². The van der Waals surface area contributed by atoms with Crippen molar-refractivity contribution in [3.8, 4) is 0 Å². The lowest BCUT2D eigenvalue weighted by Gasteiger charge is -2.12. The van der Waals surface area contributed by atoms with Gasteiger partial charge in [-0.05, 0) is 25.1 Å². The lowest BCUT2D eigenvalue weighted by molar-refractivity contribution is 0.0827. The average Bonchev–Trinajstić information content (AvgIpc) is 2.82. The summed E-state index contributed by atoms with van der Waals surface area (Å²) in [5.74, 6) is 0.979. The van der Waals surface area contributed by atoms with Crippen molar-refractivity contribution in [3.05, 3.63) is 35.5 Å². The Bertz CT molecular complexity index is 621. The monoisotopic (exact) mass is 275 g/mol. The maximum absolute atomic E-state index is 11.8. The summed E-state index contributed by atoms with van der Waals surface area (Å²) < 4.78 is 4.99. The van der Waals surface area contributed by atoms with Crippen LogP contribution in [-0.4, -0.2) is 35.0 Å². The van der Waals surface area contributed by atoms with Crippen LogP contribution in [0.5, 0.6) is 0 Å². The highest BCUT2D eigenvalue weighted by atomic mass is 16.5. The van der Waals surface area contributed by atoms with E-state index in [0.29, 0.717) is 29.5 Å². The number of hydrogen-bond donors (Lipinski definition) is 2. The van der Waals surface area contributed by atoms with Gasteiger partial charge in [-0.25, -0.2) is 0 Å². The van der Waals surface area contributed by atoms with Gasteiger partial charge in [-0.1, -0.05) is 5.16 Å². The number of carbonyl (C=O) groups is 1. The second-order valence-electron chi connectivity index (χ2n) is 4.59. The maximum atomic E-state index is 11.8. The molecule has 0 aliphatic rings. The summed E-state index contributed by atoms with van der Waals surface area (Å²) in [6, 6.07) is 5.12. The van der Waals surface area contributed by atoms with Gasteiger partial charge in [0.1, 0.15) is 0 Å². The fraction of sp³-hybridized carbons (Fsp3) is 0.308. The second kappa shape index (κ2) is 5.60. The van der Waals surface area contributed by atoms with Crippen molar-refractivity contribution in [1.82, 2.24) is 15.0 Å². The first kappa shape index (κ1) is 13.9. The van der Waals surface area contributed by atoms with E-state index in [9.17, 15) is 4.79 Å². The topological polar surface area (TPSA) is 97.3 Å².